The number of aromatic nitrogens is 1. The smallest absolute Gasteiger partial charge is 0.253 e. The Hall–Kier alpha value is -2.51. The van der Waals surface area contributed by atoms with Crippen molar-refractivity contribution in [3.05, 3.63) is 41.5 Å². The average Bonchev–Trinajstić information content (AvgIpc) is 3.25. The first-order chi connectivity index (χ1) is 17.5. The minimum atomic E-state index is -3.45. The Bertz CT molecular complexity index is 1250. The predicted molar refractivity (Wildman–Crippen MR) is 139 cm³/mol. The Kier molecular flexibility index (Phi) is 5.70. The van der Waals surface area contributed by atoms with Crippen molar-refractivity contribution in [2.24, 2.45) is 5.92 Å². The molecule has 1 aromatic heterocycles. The van der Waals surface area contributed by atoms with Crippen molar-refractivity contribution in [1.29, 1.82) is 0 Å². The number of aryl methyl sites for hydroxylation is 1. The van der Waals surface area contributed by atoms with Crippen LogP contribution in [0, 0.1) is 12.8 Å². The zero-order valence-electron chi connectivity index (χ0n) is 20.9. The summed E-state index contributed by atoms with van der Waals surface area (Å²) in [4.78, 5) is 19.3. The molecular weight excluding hydrogens is 502 g/mol. The molecule has 200 valence electrons. The summed E-state index contributed by atoms with van der Waals surface area (Å²) in [5, 5.41) is 6.20. The van der Waals surface area contributed by atoms with Crippen LogP contribution in [0.2, 0.25) is 0 Å². The van der Waals surface area contributed by atoms with Gasteiger partial charge in [0.25, 0.3) is 5.92 Å². The Labute approximate surface area is 216 Å². The van der Waals surface area contributed by atoms with E-state index in [4.69, 9.17) is 4.98 Å². The number of hydrogen-bond acceptors (Lipinski definition) is 8. The summed E-state index contributed by atoms with van der Waals surface area (Å²) in [5.41, 5.74) is 3.79. The average molecular weight is 535 g/mol. The summed E-state index contributed by atoms with van der Waals surface area (Å²) in [5.74, 6) is -3.18. The van der Waals surface area contributed by atoms with Crippen molar-refractivity contribution in [2.45, 2.75) is 44.2 Å². The summed E-state index contributed by atoms with van der Waals surface area (Å²) in [6.07, 6.45) is 1.30. The van der Waals surface area contributed by atoms with Crippen LogP contribution in [0.3, 0.4) is 0 Å². The topological polar surface area (TPSA) is 104 Å². The maximum absolute atomic E-state index is 13.6. The molecule has 1 spiro atoms. The minimum absolute atomic E-state index is 0.0958. The number of alkyl halides is 2. The molecule has 3 aliphatic heterocycles. The number of carbonyl (C=O) groups excluding carboxylic acids is 1. The number of nitrogens with one attached hydrogen (secondary N) is 2. The highest BCUT2D eigenvalue weighted by Crippen LogP contribution is 2.62. The number of rotatable bonds is 5. The van der Waals surface area contributed by atoms with Gasteiger partial charge in [0.1, 0.15) is 11.2 Å². The molecule has 2 saturated heterocycles. The second-order valence-corrected chi connectivity index (χ2v) is 12.6. The summed E-state index contributed by atoms with van der Waals surface area (Å²) < 4.78 is 51.3. The monoisotopic (exact) mass is 534 g/mol. The number of likely N-dealkylation sites (tertiary alicyclic amines) is 1. The number of nitrogens with zero attached hydrogens (tertiary/aromatic N) is 4. The quantitative estimate of drug-likeness (QED) is 0.462. The molecule has 4 heterocycles. The number of pyridine rings is 1. The first-order valence-electron chi connectivity index (χ1n) is 12.5. The Morgan fingerprint density at radius 1 is 1.19 bits per heavy atom. The molecule has 12 heteroatoms. The van der Waals surface area contributed by atoms with Gasteiger partial charge in [0.15, 0.2) is 5.82 Å². The van der Waals surface area contributed by atoms with Crippen LogP contribution in [0.5, 0.6) is 0 Å². The Balaban J connectivity index is 1.22. The normalized spacial score (nSPS) is 26.3. The van der Waals surface area contributed by atoms with E-state index < -0.39 is 28.3 Å². The van der Waals surface area contributed by atoms with Crippen LogP contribution in [0.15, 0.2) is 30.3 Å². The van der Waals surface area contributed by atoms with Crippen molar-refractivity contribution in [3.8, 4) is 11.3 Å². The number of benzene rings is 1. The van der Waals surface area contributed by atoms with Crippen LogP contribution in [-0.4, -0.2) is 69.7 Å². The molecule has 1 atom stereocenters. The summed E-state index contributed by atoms with van der Waals surface area (Å²) >= 11 is 0. The van der Waals surface area contributed by atoms with Gasteiger partial charge in [0, 0.05) is 51.1 Å². The fourth-order valence-electron chi connectivity index (χ4n) is 5.62. The standard InChI is InChI=1S/C25H32F2N6O3S/c1-16-3-4-17(13-32-9-7-24(8-10-32)23(34)28-15-29-24)11-19(16)20-5-6-21-22(30-20)31(2)37(35,36)33(21)14-18-12-25(18,26)27/h3-6,11,18,29,35-36H,7-10,12-15H2,1-2H3,(H,28,34). The number of fused-ring (bicyclic) bond motifs is 1. The SMILES string of the molecule is Cc1ccc(CN2CCC3(CC2)NCNC3=O)cc1-c1ccc2c(n1)N(C)S(O)(O)N2CC1CC1(F)F. The molecule has 3 fully saturated rings. The van der Waals surface area contributed by atoms with E-state index in [0.29, 0.717) is 23.9 Å². The first-order valence-corrected chi connectivity index (χ1v) is 14.0. The lowest BCUT2D eigenvalue weighted by Gasteiger charge is -2.41. The fourth-order valence-corrected chi connectivity index (χ4v) is 7.07. The third-order valence-electron chi connectivity index (χ3n) is 8.23. The highest BCUT2D eigenvalue weighted by Gasteiger charge is 2.59. The molecule has 1 amide bonds. The molecule has 1 saturated carbocycles. The van der Waals surface area contributed by atoms with Crippen molar-refractivity contribution in [3.63, 3.8) is 0 Å². The van der Waals surface area contributed by atoms with E-state index in [2.05, 4.69) is 33.7 Å². The van der Waals surface area contributed by atoms with E-state index in [1.54, 1.807) is 6.07 Å². The van der Waals surface area contributed by atoms with Gasteiger partial charge in [0.2, 0.25) is 5.91 Å². The van der Waals surface area contributed by atoms with Crippen LogP contribution in [0.1, 0.15) is 30.4 Å². The molecule has 1 aromatic carbocycles. The van der Waals surface area contributed by atoms with Gasteiger partial charge in [-0.1, -0.05) is 12.1 Å². The molecule has 4 N–H and O–H groups in total. The van der Waals surface area contributed by atoms with Gasteiger partial charge >= 0.3 is 0 Å². The first kappa shape index (κ1) is 24.8. The second-order valence-electron chi connectivity index (χ2n) is 10.6. The van der Waals surface area contributed by atoms with Crippen molar-refractivity contribution in [2.75, 3.05) is 42.0 Å². The van der Waals surface area contributed by atoms with Gasteiger partial charge < -0.3 is 5.32 Å². The molecule has 37 heavy (non-hydrogen) atoms. The number of carbonyl (C=O) groups is 1. The summed E-state index contributed by atoms with van der Waals surface area (Å²) in [6.45, 7) is 4.79. The third-order valence-corrected chi connectivity index (χ3v) is 10.1. The van der Waals surface area contributed by atoms with Crippen molar-refractivity contribution in [1.82, 2.24) is 20.5 Å². The van der Waals surface area contributed by atoms with Crippen LogP contribution in [0.25, 0.3) is 11.3 Å². The van der Waals surface area contributed by atoms with Crippen LogP contribution < -0.4 is 19.2 Å². The van der Waals surface area contributed by atoms with Gasteiger partial charge in [-0.25, -0.2) is 22.4 Å². The zero-order valence-corrected chi connectivity index (χ0v) is 21.7. The Morgan fingerprint density at radius 2 is 1.92 bits per heavy atom. The summed E-state index contributed by atoms with van der Waals surface area (Å²) in [6, 6.07) is 9.80. The fraction of sp³-hybridized carbons (Fsp3) is 0.520. The lowest BCUT2D eigenvalue weighted by molar-refractivity contribution is -0.125. The Morgan fingerprint density at radius 3 is 2.57 bits per heavy atom. The molecule has 6 rings (SSSR count). The van der Waals surface area contributed by atoms with E-state index in [0.717, 1.165) is 49.2 Å². The van der Waals surface area contributed by atoms with Crippen molar-refractivity contribution < 1.29 is 22.7 Å². The maximum atomic E-state index is 13.6. The lowest BCUT2D eigenvalue weighted by Crippen LogP contribution is -2.54. The van der Waals surface area contributed by atoms with E-state index >= 15 is 0 Å². The van der Waals surface area contributed by atoms with Gasteiger partial charge in [-0.05, 0) is 60.1 Å². The van der Waals surface area contributed by atoms with E-state index in [1.165, 1.54) is 15.7 Å². The molecular formula is C25H32F2N6O3S. The highest BCUT2D eigenvalue weighted by molar-refractivity contribution is 8.26. The number of hydrogen-bond donors (Lipinski definition) is 4. The second kappa shape index (κ2) is 8.50. The van der Waals surface area contributed by atoms with Crippen molar-refractivity contribution >= 4 is 28.4 Å². The lowest BCUT2D eigenvalue weighted by atomic mass is 9.87. The molecule has 1 aliphatic carbocycles. The van der Waals surface area contributed by atoms with Gasteiger partial charge in [-0.15, -0.1) is 0 Å². The summed E-state index contributed by atoms with van der Waals surface area (Å²) in [7, 11) is -1.92. The van der Waals surface area contributed by atoms with Crippen LogP contribution in [-0.2, 0) is 11.3 Å². The maximum Gasteiger partial charge on any atom is 0.253 e. The van der Waals surface area contributed by atoms with E-state index in [1.807, 2.05) is 13.0 Å². The minimum Gasteiger partial charge on any atom is -0.342 e. The number of piperidine rings is 1. The van der Waals surface area contributed by atoms with Gasteiger partial charge in [-0.3, -0.25) is 24.1 Å². The van der Waals surface area contributed by atoms with Crippen LogP contribution in [0.4, 0.5) is 20.3 Å². The molecule has 1 unspecified atom stereocenters. The number of halogens is 2. The highest BCUT2D eigenvalue weighted by atomic mass is 32.3. The largest absolute Gasteiger partial charge is 0.342 e. The van der Waals surface area contributed by atoms with E-state index in [-0.39, 0.29) is 18.9 Å². The van der Waals surface area contributed by atoms with Crippen LogP contribution >= 0.6 is 11.0 Å². The van der Waals surface area contributed by atoms with Gasteiger partial charge in [-0.2, -0.15) is 0 Å². The molecule has 0 radical (unpaired) electrons. The number of amides is 1. The third kappa shape index (κ3) is 4.15. The number of anilines is 2. The molecule has 9 nitrogen and oxygen atoms in total. The predicted octanol–water partition coefficient (Wildman–Crippen LogP) is 3.56. The molecule has 0 bridgehead atoms. The molecule has 2 aromatic rings. The molecule has 4 aliphatic rings. The van der Waals surface area contributed by atoms with E-state index in [9.17, 15) is 22.7 Å². The zero-order chi connectivity index (χ0) is 26.2. The van der Waals surface area contributed by atoms with Gasteiger partial charge in [0.05, 0.1) is 12.4 Å².